The van der Waals surface area contributed by atoms with Gasteiger partial charge in [-0.05, 0) is 6.92 Å². The van der Waals surface area contributed by atoms with E-state index in [0.29, 0.717) is 11.3 Å². The third kappa shape index (κ3) is 2.93. The minimum absolute atomic E-state index is 0.0535. The normalized spacial score (nSPS) is 17.0. The fraction of sp³-hybridized carbons (Fsp3) is 0.727. The second-order valence-electron chi connectivity index (χ2n) is 4.14. The van der Waals surface area contributed by atoms with Crippen molar-refractivity contribution < 1.29 is 23.0 Å². The van der Waals surface area contributed by atoms with Gasteiger partial charge in [0.2, 0.25) is 0 Å². The molecule has 5 heteroatoms. The minimum Gasteiger partial charge on any atom is -0.494 e. The first-order valence-electron chi connectivity index (χ1n) is 5.22. The highest BCUT2D eigenvalue weighted by molar-refractivity contribution is 5.90. The molecule has 1 aliphatic heterocycles. The van der Waals surface area contributed by atoms with Crippen molar-refractivity contribution in [3.8, 4) is 0 Å². The number of ether oxygens (including phenoxy) is 2. The van der Waals surface area contributed by atoms with Crippen molar-refractivity contribution >= 4 is 5.97 Å². The second kappa shape index (κ2) is 4.80. The molecule has 0 amide bonds. The number of rotatable bonds is 5. The Balaban J connectivity index is 2.40. The summed E-state index contributed by atoms with van der Waals surface area (Å²) in [5.41, 5.74) is 0.368. The quantitative estimate of drug-likeness (QED) is 0.686. The first kappa shape index (κ1) is 12.9. The molecule has 0 N–H and O–H groups in total. The van der Waals surface area contributed by atoms with E-state index in [9.17, 15) is 13.6 Å². The number of alkyl halides is 2. The van der Waals surface area contributed by atoms with Crippen LogP contribution in [0.15, 0.2) is 11.3 Å². The molecule has 0 atom stereocenters. The number of esters is 1. The number of hydrogen-bond donors (Lipinski definition) is 0. The lowest BCUT2D eigenvalue weighted by Crippen LogP contribution is -2.25. The summed E-state index contributed by atoms with van der Waals surface area (Å²) < 4.78 is 36.2. The summed E-state index contributed by atoms with van der Waals surface area (Å²) in [5, 5.41) is 0. The van der Waals surface area contributed by atoms with E-state index in [2.05, 4.69) is 4.74 Å². The summed E-state index contributed by atoms with van der Waals surface area (Å²) in [7, 11) is 0. The molecule has 1 heterocycles. The minimum atomic E-state index is -2.74. The van der Waals surface area contributed by atoms with Gasteiger partial charge in [0.25, 0.3) is 5.92 Å². The van der Waals surface area contributed by atoms with Crippen LogP contribution in [0.25, 0.3) is 0 Å². The Labute approximate surface area is 93.4 Å². The molecule has 0 fully saturated rings. The Morgan fingerprint density at radius 3 is 2.56 bits per heavy atom. The van der Waals surface area contributed by atoms with Crippen molar-refractivity contribution in [1.29, 1.82) is 0 Å². The Bertz CT molecular complexity index is 308. The van der Waals surface area contributed by atoms with Crippen molar-refractivity contribution in [1.82, 2.24) is 0 Å². The van der Waals surface area contributed by atoms with E-state index >= 15 is 0 Å². The topological polar surface area (TPSA) is 35.5 Å². The van der Waals surface area contributed by atoms with Crippen LogP contribution < -0.4 is 0 Å². The van der Waals surface area contributed by atoms with Gasteiger partial charge in [0.1, 0.15) is 12.4 Å². The molecule has 0 radical (unpaired) electrons. The molecule has 16 heavy (non-hydrogen) atoms. The highest BCUT2D eigenvalue weighted by Gasteiger charge is 2.33. The molecule has 0 aromatic carbocycles. The van der Waals surface area contributed by atoms with Crippen LogP contribution in [-0.4, -0.2) is 25.1 Å². The standard InChI is InChI=1S/C11H16F2O3/c1-7(2)11(12,13)4-5-15-9-6-16-10(14)8(9)3/h7H,4-6H2,1-3H3. The van der Waals surface area contributed by atoms with Crippen molar-refractivity contribution in [2.75, 3.05) is 13.2 Å². The monoisotopic (exact) mass is 234 g/mol. The first-order valence-corrected chi connectivity index (χ1v) is 5.22. The van der Waals surface area contributed by atoms with Gasteiger partial charge < -0.3 is 9.47 Å². The van der Waals surface area contributed by atoms with Crippen molar-refractivity contribution in [3.05, 3.63) is 11.3 Å². The lowest BCUT2D eigenvalue weighted by atomic mass is 10.0. The van der Waals surface area contributed by atoms with Gasteiger partial charge in [-0.3, -0.25) is 0 Å². The van der Waals surface area contributed by atoms with E-state index in [0.717, 1.165) is 0 Å². The van der Waals surface area contributed by atoms with Gasteiger partial charge in [0.15, 0.2) is 0 Å². The van der Waals surface area contributed by atoms with Gasteiger partial charge in [0.05, 0.1) is 12.2 Å². The number of carbonyl (C=O) groups is 1. The number of halogens is 2. The summed E-state index contributed by atoms with van der Waals surface area (Å²) in [6.45, 7) is 4.44. The Hall–Kier alpha value is -1.13. The zero-order chi connectivity index (χ0) is 12.3. The van der Waals surface area contributed by atoms with Crippen molar-refractivity contribution in [2.24, 2.45) is 5.92 Å². The highest BCUT2D eigenvalue weighted by atomic mass is 19.3. The number of cyclic esters (lactones) is 1. The van der Waals surface area contributed by atoms with Crippen LogP contribution in [0.2, 0.25) is 0 Å². The molecular formula is C11H16F2O3. The average molecular weight is 234 g/mol. The fourth-order valence-electron chi connectivity index (χ4n) is 1.21. The molecule has 0 saturated carbocycles. The second-order valence-corrected chi connectivity index (χ2v) is 4.14. The summed E-state index contributed by atoms with van der Waals surface area (Å²) in [6.07, 6.45) is -0.352. The predicted octanol–water partition coefficient (Wildman–Crippen LogP) is 2.52. The molecule has 3 nitrogen and oxygen atoms in total. The van der Waals surface area contributed by atoms with Gasteiger partial charge in [-0.25, -0.2) is 13.6 Å². The van der Waals surface area contributed by atoms with Crippen LogP contribution in [0, 0.1) is 5.92 Å². The maximum atomic E-state index is 13.2. The summed E-state index contributed by atoms with van der Waals surface area (Å²) >= 11 is 0. The first-order chi connectivity index (χ1) is 7.34. The third-order valence-electron chi connectivity index (χ3n) is 2.62. The maximum absolute atomic E-state index is 13.2. The predicted molar refractivity (Wildman–Crippen MR) is 54.0 cm³/mol. The average Bonchev–Trinajstić information content (AvgIpc) is 2.49. The molecular weight excluding hydrogens is 218 g/mol. The van der Waals surface area contributed by atoms with Gasteiger partial charge >= 0.3 is 5.97 Å². The fourth-order valence-corrected chi connectivity index (χ4v) is 1.21. The van der Waals surface area contributed by atoms with Gasteiger partial charge in [-0.15, -0.1) is 0 Å². The number of hydrogen-bond acceptors (Lipinski definition) is 3. The molecule has 0 aromatic rings. The van der Waals surface area contributed by atoms with Crippen molar-refractivity contribution in [2.45, 2.75) is 33.1 Å². The zero-order valence-corrected chi connectivity index (χ0v) is 9.68. The van der Waals surface area contributed by atoms with Gasteiger partial charge in [-0.1, -0.05) is 13.8 Å². The van der Waals surface area contributed by atoms with E-state index in [-0.39, 0.29) is 19.6 Å². The molecule has 92 valence electrons. The molecule has 1 aliphatic rings. The SMILES string of the molecule is CC1=C(OCCC(F)(F)C(C)C)COC1=O. The van der Waals surface area contributed by atoms with E-state index < -0.39 is 17.8 Å². The largest absolute Gasteiger partial charge is 0.494 e. The van der Waals surface area contributed by atoms with Crippen LogP contribution >= 0.6 is 0 Å². The van der Waals surface area contributed by atoms with Crippen LogP contribution in [0.4, 0.5) is 8.78 Å². The zero-order valence-electron chi connectivity index (χ0n) is 9.68. The Morgan fingerprint density at radius 2 is 2.12 bits per heavy atom. The molecule has 0 saturated heterocycles. The van der Waals surface area contributed by atoms with Crippen LogP contribution in [0.5, 0.6) is 0 Å². The van der Waals surface area contributed by atoms with E-state index in [1.54, 1.807) is 6.92 Å². The molecule has 0 bridgehead atoms. The Kier molecular flexibility index (Phi) is 3.88. The molecule has 0 aromatic heterocycles. The van der Waals surface area contributed by atoms with Crippen molar-refractivity contribution in [3.63, 3.8) is 0 Å². The van der Waals surface area contributed by atoms with E-state index in [1.807, 2.05) is 0 Å². The van der Waals surface area contributed by atoms with Crippen LogP contribution in [0.3, 0.4) is 0 Å². The summed E-state index contributed by atoms with van der Waals surface area (Å²) in [4.78, 5) is 10.9. The number of carbonyl (C=O) groups excluding carboxylic acids is 1. The van der Waals surface area contributed by atoms with Crippen LogP contribution in [0.1, 0.15) is 27.2 Å². The lowest BCUT2D eigenvalue weighted by molar-refractivity contribution is -0.136. The highest BCUT2D eigenvalue weighted by Crippen LogP contribution is 2.28. The van der Waals surface area contributed by atoms with Gasteiger partial charge in [-0.2, -0.15) is 0 Å². The molecule has 1 rings (SSSR count). The van der Waals surface area contributed by atoms with Crippen LogP contribution in [-0.2, 0) is 14.3 Å². The van der Waals surface area contributed by atoms with E-state index in [4.69, 9.17) is 4.74 Å². The molecule has 0 aliphatic carbocycles. The van der Waals surface area contributed by atoms with Gasteiger partial charge in [0, 0.05) is 12.3 Å². The summed E-state index contributed by atoms with van der Waals surface area (Å²) in [6, 6.07) is 0. The van der Waals surface area contributed by atoms with E-state index in [1.165, 1.54) is 13.8 Å². The Morgan fingerprint density at radius 1 is 1.50 bits per heavy atom. The summed E-state index contributed by atoms with van der Waals surface area (Å²) in [5.74, 6) is -3.53. The maximum Gasteiger partial charge on any atom is 0.337 e. The molecule has 0 spiro atoms. The smallest absolute Gasteiger partial charge is 0.337 e. The molecule has 0 unspecified atom stereocenters. The third-order valence-corrected chi connectivity index (χ3v) is 2.62. The lowest BCUT2D eigenvalue weighted by Gasteiger charge is -2.20.